The van der Waals surface area contributed by atoms with E-state index in [2.05, 4.69) is 10.6 Å². The Morgan fingerprint density at radius 1 is 1.20 bits per heavy atom. The molecule has 0 aliphatic carbocycles. The Bertz CT molecular complexity index is 632. The smallest absolute Gasteiger partial charge is 0.323 e. The molecule has 20 heavy (non-hydrogen) atoms. The Balaban J connectivity index is 2.07. The molecular formula is C14H14FN3O2. The number of nitrogens with one attached hydrogen (secondary N) is 2. The summed E-state index contributed by atoms with van der Waals surface area (Å²) in [6, 6.07) is 10.1. The van der Waals surface area contributed by atoms with Crippen LogP contribution in [0.1, 0.15) is 0 Å². The van der Waals surface area contributed by atoms with Gasteiger partial charge in [-0.25, -0.2) is 9.18 Å². The van der Waals surface area contributed by atoms with E-state index in [4.69, 9.17) is 10.5 Å². The molecule has 0 aliphatic heterocycles. The Labute approximate surface area is 115 Å². The summed E-state index contributed by atoms with van der Waals surface area (Å²) in [6.07, 6.45) is 0. The third kappa shape index (κ3) is 3.38. The quantitative estimate of drug-likeness (QED) is 0.753. The summed E-state index contributed by atoms with van der Waals surface area (Å²) in [7, 11) is 1.53. The van der Waals surface area contributed by atoms with Crippen molar-refractivity contribution in [3.8, 4) is 5.75 Å². The first-order valence-corrected chi connectivity index (χ1v) is 5.85. The molecule has 104 valence electrons. The van der Waals surface area contributed by atoms with Crippen molar-refractivity contribution in [3.05, 3.63) is 48.3 Å². The fourth-order valence-electron chi connectivity index (χ4n) is 1.62. The lowest BCUT2D eigenvalue weighted by Crippen LogP contribution is -2.20. The number of methoxy groups -OCH3 is 1. The first kappa shape index (κ1) is 13.7. The zero-order valence-corrected chi connectivity index (χ0v) is 10.8. The highest BCUT2D eigenvalue weighted by Gasteiger charge is 2.07. The summed E-state index contributed by atoms with van der Waals surface area (Å²) >= 11 is 0. The van der Waals surface area contributed by atoms with E-state index in [0.29, 0.717) is 11.4 Å². The third-order valence-corrected chi connectivity index (χ3v) is 2.59. The van der Waals surface area contributed by atoms with Crippen molar-refractivity contribution >= 4 is 23.1 Å². The maximum atomic E-state index is 13.1. The minimum atomic E-state index is -0.518. The number of nitrogen functional groups attached to an aromatic ring is 1. The van der Waals surface area contributed by atoms with Crippen LogP contribution in [0.5, 0.6) is 5.75 Å². The summed E-state index contributed by atoms with van der Waals surface area (Å²) in [6.45, 7) is 0. The fourth-order valence-corrected chi connectivity index (χ4v) is 1.62. The van der Waals surface area contributed by atoms with Gasteiger partial charge in [-0.2, -0.15) is 0 Å². The first-order valence-electron chi connectivity index (χ1n) is 5.85. The second-order valence-electron chi connectivity index (χ2n) is 4.04. The molecule has 5 nitrogen and oxygen atoms in total. The summed E-state index contributed by atoms with van der Waals surface area (Å²) in [5, 5.41) is 5.08. The summed E-state index contributed by atoms with van der Waals surface area (Å²) in [5.41, 5.74) is 6.70. The Kier molecular flexibility index (Phi) is 4.05. The third-order valence-electron chi connectivity index (χ3n) is 2.59. The van der Waals surface area contributed by atoms with Gasteiger partial charge in [-0.1, -0.05) is 6.07 Å². The number of rotatable bonds is 3. The fraction of sp³-hybridized carbons (Fsp3) is 0.0714. The van der Waals surface area contributed by atoms with E-state index < -0.39 is 11.8 Å². The van der Waals surface area contributed by atoms with Crippen LogP contribution in [0, 0.1) is 5.82 Å². The van der Waals surface area contributed by atoms with Gasteiger partial charge in [0.2, 0.25) is 0 Å². The van der Waals surface area contributed by atoms with Crippen LogP contribution in [0.4, 0.5) is 26.2 Å². The molecular weight excluding hydrogens is 261 g/mol. The Morgan fingerprint density at radius 3 is 2.75 bits per heavy atom. The largest absolute Gasteiger partial charge is 0.497 e. The van der Waals surface area contributed by atoms with E-state index in [0.717, 1.165) is 6.07 Å². The zero-order valence-electron chi connectivity index (χ0n) is 10.8. The lowest BCUT2D eigenvalue weighted by Gasteiger charge is -2.10. The van der Waals surface area contributed by atoms with Crippen molar-refractivity contribution < 1.29 is 13.9 Å². The van der Waals surface area contributed by atoms with Gasteiger partial charge < -0.3 is 21.1 Å². The number of hydrogen-bond donors (Lipinski definition) is 3. The molecule has 0 unspecified atom stereocenters. The monoisotopic (exact) mass is 275 g/mol. The molecule has 2 aromatic rings. The number of ether oxygens (including phenoxy) is 1. The van der Waals surface area contributed by atoms with Crippen LogP contribution < -0.4 is 21.1 Å². The topological polar surface area (TPSA) is 76.4 Å². The minimum absolute atomic E-state index is 0.213. The van der Waals surface area contributed by atoms with Crippen molar-refractivity contribution in [2.24, 2.45) is 0 Å². The maximum Gasteiger partial charge on any atom is 0.323 e. The molecule has 0 radical (unpaired) electrons. The molecule has 0 heterocycles. The van der Waals surface area contributed by atoms with Gasteiger partial charge >= 0.3 is 6.03 Å². The van der Waals surface area contributed by atoms with Gasteiger partial charge in [0, 0.05) is 11.8 Å². The van der Waals surface area contributed by atoms with Gasteiger partial charge in [-0.05, 0) is 30.3 Å². The van der Waals surface area contributed by atoms with Gasteiger partial charge in [0.1, 0.15) is 11.6 Å². The molecule has 0 bridgehead atoms. The number of carbonyl (C=O) groups excluding carboxylic acids is 1. The van der Waals surface area contributed by atoms with Crippen molar-refractivity contribution in [1.29, 1.82) is 0 Å². The van der Waals surface area contributed by atoms with Crippen LogP contribution in [-0.4, -0.2) is 13.1 Å². The van der Waals surface area contributed by atoms with E-state index in [1.807, 2.05) is 0 Å². The van der Waals surface area contributed by atoms with Crippen LogP contribution >= 0.6 is 0 Å². The van der Waals surface area contributed by atoms with Crippen molar-refractivity contribution in [1.82, 2.24) is 0 Å². The minimum Gasteiger partial charge on any atom is -0.497 e. The molecule has 4 N–H and O–H groups in total. The molecule has 2 rings (SSSR count). The molecule has 0 fully saturated rings. The number of benzene rings is 2. The highest BCUT2D eigenvalue weighted by Crippen LogP contribution is 2.20. The van der Waals surface area contributed by atoms with Gasteiger partial charge in [0.15, 0.2) is 0 Å². The standard InChI is InChI=1S/C14H14FN3O2/c1-20-11-4-2-3-10(8-11)17-14(19)18-13-7-9(15)5-6-12(13)16/h2-8H,16H2,1H3,(H2,17,18,19). The summed E-state index contributed by atoms with van der Waals surface area (Å²) < 4.78 is 18.1. The van der Waals surface area contributed by atoms with E-state index in [1.165, 1.54) is 19.2 Å². The number of carbonyl (C=O) groups is 1. The SMILES string of the molecule is COc1cccc(NC(=O)Nc2cc(F)ccc2N)c1. The van der Waals surface area contributed by atoms with E-state index >= 15 is 0 Å². The Hall–Kier alpha value is -2.76. The molecule has 0 saturated carbocycles. The molecule has 0 spiro atoms. The molecule has 6 heteroatoms. The van der Waals surface area contributed by atoms with Crippen LogP contribution in [-0.2, 0) is 0 Å². The van der Waals surface area contributed by atoms with Gasteiger partial charge in [0.25, 0.3) is 0 Å². The average molecular weight is 275 g/mol. The molecule has 2 aromatic carbocycles. The predicted molar refractivity (Wildman–Crippen MR) is 76.4 cm³/mol. The second-order valence-corrected chi connectivity index (χ2v) is 4.04. The number of amides is 2. The molecule has 2 amide bonds. The summed E-state index contributed by atoms with van der Waals surface area (Å²) in [5.74, 6) is 0.143. The number of urea groups is 1. The van der Waals surface area contributed by atoms with Crippen LogP contribution in [0.25, 0.3) is 0 Å². The number of anilines is 3. The van der Waals surface area contributed by atoms with Gasteiger partial charge in [0.05, 0.1) is 18.5 Å². The van der Waals surface area contributed by atoms with Crippen molar-refractivity contribution in [2.75, 3.05) is 23.5 Å². The molecule has 0 aliphatic rings. The van der Waals surface area contributed by atoms with Crippen LogP contribution in [0.3, 0.4) is 0 Å². The lowest BCUT2D eigenvalue weighted by atomic mass is 10.2. The number of nitrogens with two attached hydrogens (primary N) is 1. The Morgan fingerprint density at radius 2 is 2.00 bits per heavy atom. The van der Waals surface area contributed by atoms with Crippen LogP contribution in [0.2, 0.25) is 0 Å². The van der Waals surface area contributed by atoms with Gasteiger partial charge in [-0.3, -0.25) is 0 Å². The molecule has 0 atom stereocenters. The summed E-state index contributed by atoms with van der Waals surface area (Å²) in [4.78, 5) is 11.8. The van der Waals surface area contributed by atoms with Crippen molar-refractivity contribution in [2.45, 2.75) is 0 Å². The number of hydrogen-bond acceptors (Lipinski definition) is 3. The van der Waals surface area contributed by atoms with Crippen LogP contribution in [0.15, 0.2) is 42.5 Å². The van der Waals surface area contributed by atoms with E-state index in [9.17, 15) is 9.18 Å². The van der Waals surface area contributed by atoms with Crippen molar-refractivity contribution in [3.63, 3.8) is 0 Å². The molecule has 0 aromatic heterocycles. The first-order chi connectivity index (χ1) is 9.58. The lowest BCUT2D eigenvalue weighted by molar-refractivity contribution is 0.262. The highest BCUT2D eigenvalue weighted by molar-refractivity contribution is 6.01. The normalized spacial score (nSPS) is 9.90. The highest BCUT2D eigenvalue weighted by atomic mass is 19.1. The average Bonchev–Trinajstić information content (AvgIpc) is 2.43. The maximum absolute atomic E-state index is 13.1. The number of halogens is 1. The zero-order chi connectivity index (χ0) is 14.5. The van der Waals surface area contributed by atoms with E-state index in [1.54, 1.807) is 24.3 Å². The van der Waals surface area contributed by atoms with E-state index in [-0.39, 0.29) is 11.4 Å². The second kappa shape index (κ2) is 5.92. The molecule has 0 saturated heterocycles. The predicted octanol–water partition coefficient (Wildman–Crippen LogP) is 3.06. The van der Waals surface area contributed by atoms with Gasteiger partial charge in [-0.15, -0.1) is 0 Å².